The van der Waals surface area contributed by atoms with E-state index in [0.717, 1.165) is 21.2 Å². The highest BCUT2D eigenvalue weighted by Crippen LogP contribution is 2.31. The lowest BCUT2D eigenvalue weighted by Gasteiger charge is -2.22. The number of fused-ring (bicyclic) bond motifs is 2. The fraction of sp³-hybridized carbons (Fsp3) is 0.167. The van der Waals surface area contributed by atoms with Gasteiger partial charge in [0.15, 0.2) is 0 Å². The molecule has 0 bridgehead atoms. The molecule has 0 saturated carbocycles. The van der Waals surface area contributed by atoms with Crippen molar-refractivity contribution in [1.29, 1.82) is 0 Å². The van der Waals surface area contributed by atoms with Crippen LogP contribution >= 0.6 is 0 Å². The Bertz CT molecular complexity index is 1320. The van der Waals surface area contributed by atoms with Gasteiger partial charge in [0.2, 0.25) is 5.91 Å². The number of nitrogens with one attached hydrogen (secondary N) is 3. The van der Waals surface area contributed by atoms with Crippen LogP contribution in [0.4, 0.5) is 10.5 Å². The Morgan fingerprint density at radius 1 is 1.03 bits per heavy atom. The van der Waals surface area contributed by atoms with Gasteiger partial charge in [0, 0.05) is 17.8 Å². The summed E-state index contributed by atoms with van der Waals surface area (Å²) in [5.41, 5.74) is 1.15. The number of amides is 5. The number of hydrogen-bond donors (Lipinski definition) is 3. The van der Waals surface area contributed by atoms with Gasteiger partial charge in [-0.05, 0) is 47.0 Å². The van der Waals surface area contributed by atoms with Crippen LogP contribution in [0.3, 0.4) is 0 Å². The molecular weight excluding hydrogens is 408 g/mol. The first-order valence-corrected chi connectivity index (χ1v) is 10.2. The number of imide groups is 1. The van der Waals surface area contributed by atoms with E-state index in [2.05, 4.69) is 16.0 Å². The predicted molar refractivity (Wildman–Crippen MR) is 118 cm³/mol. The molecule has 0 aliphatic carbocycles. The number of anilines is 1. The quantitative estimate of drug-likeness (QED) is 0.555. The van der Waals surface area contributed by atoms with Crippen molar-refractivity contribution >= 4 is 40.2 Å². The van der Waals surface area contributed by atoms with Crippen molar-refractivity contribution in [2.45, 2.75) is 19.0 Å². The Morgan fingerprint density at radius 3 is 2.62 bits per heavy atom. The summed E-state index contributed by atoms with van der Waals surface area (Å²) in [5, 5.41) is 10.1. The van der Waals surface area contributed by atoms with E-state index in [1.165, 1.54) is 0 Å². The average Bonchev–Trinajstić information content (AvgIpc) is 3.26. The molecule has 3 N–H and O–H groups in total. The largest absolute Gasteiger partial charge is 0.348 e. The minimum Gasteiger partial charge on any atom is -0.348 e. The van der Waals surface area contributed by atoms with E-state index in [1.54, 1.807) is 31.2 Å². The van der Waals surface area contributed by atoms with Crippen molar-refractivity contribution in [2.75, 3.05) is 11.9 Å². The van der Waals surface area contributed by atoms with Gasteiger partial charge in [-0.1, -0.05) is 42.5 Å². The number of carbonyl (C=O) groups is 4. The summed E-state index contributed by atoms with van der Waals surface area (Å²) in [7, 11) is 0. The summed E-state index contributed by atoms with van der Waals surface area (Å²) in [6.07, 6.45) is 0. The second-order valence-electron chi connectivity index (χ2n) is 8.11. The van der Waals surface area contributed by atoms with Crippen LogP contribution in [-0.4, -0.2) is 35.2 Å². The Labute approximate surface area is 183 Å². The van der Waals surface area contributed by atoms with E-state index < -0.39 is 29.9 Å². The molecule has 2 aliphatic heterocycles. The molecule has 8 heteroatoms. The SMILES string of the molecule is C[C@]1(c2ccc3ccccc3c2)NC(=O)N(CC(=O)Nc2ccc3c(c2)C(=O)NC3)C1=O. The molecule has 5 amide bonds. The van der Waals surface area contributed by atoms with Crippen molar-refractivity contribution in [3.8, 4) is 0 Å². The van der Waals surface area contributed by atoms with Crippen LogP contribution in [0, 0.1) is 0 Å². The van der Waals surface area contributed by atoms with Crippen molar-refractivity contribution in [2.24, 2.45) is 0 Å². The van der Waals surface area contributed by atoms with Gasteiger partial charge in [-0.3, -0.25) is 19.3 Å². The van der Waals surface area contributed by atoms with Gasteiger partial charge in [0.25, 0.3) is 11.8 Å². The van der Waals surface area contributed by atoms with Crippen LogP contribution in [0.5, 0.6) is 0 Å². The van der Waals surface area contributed by atoms with Crippen LogP contribution in [0.1, 0.15) is 28.4 Å². The highest BCUT2D eigenvalue weighted by atomic mass is 16.2. The topological polar surface area (TPSA) is 108 Å². The highest BCUT2D eigenvalue weighted by Gasteiger charge is 2.49. The van der Waals surface area contributed by atoms with Crippen molar-refractivity contribution in [3.63, 3.8) is 0 Å². The van der Waals surface area contributed by atoms with E-state index in [0.29, 0.717) is 23.4 Å². The molecule has 0 spiro atoms. The molecule has 0 radical (unpaired) electrons. The number of hydrogen-bond acceptors (Lipinski definition) is 4. The molecule has 8 nitrogen and oxygen atoms in total. The van der Waals surface area contributed by atoms with Crippen LogP contribution in [0.15, 0.2) is 60.7 Å². The summed E-state index contributed by atoms with van der Waals surface area (Å²) >= 11 is 0. The first-order chi connectivity index (χ1) is 15.3. The van der Waals surface area contributed by atoms with Crippen LogP contribution < -0.4 is 16.0 Å². The lowest BCUT2D eigenvalue weighted by molar-refractivity contribution is -0.133. The van der Waals surface area contributed by atoms with Gasteiger partial charge < -0.3 is 16.0 Å². The van der Waals surface area contributed by atoms with Crippen molar-refractivity contribution in [3.05, 3.63) is 77.4 Å². The molecule has 3 aromatic carbocycles. The lowest BCUT2D eigenvalue weighted by atomic mass is 9.90. The molecule has 1 fully saturated rings. The van der Waals surface area contributed by atoms with E-state index in [1.807, 2.05) is 36.4 Å². The number of urea groups is 1. The minimum atomic E-state index is -1.27. The smallest absolute Gasteiger partial charge is 0.325 e. The number of carbonyl (C=O) groups excluding carboxylic acids is 4. The monoisotopic (exact) mass is 428 g/mol. The summed E-state index contributed by atoms with van der Waals surface area (Å²) in [4.78, 5) is 51.1. The normalized spacial score (nSPS) is 19.7. The van der Waals surface area contributed by atoms with Gasteiger partial charge >= 0.3 is 6.03 Å². The Kier molecular flexibility index (Phi) is 4.44. The van der Waals surface area contributed by atoms with Gasteiger partial charge in [-0.15, -0.1) is 0 Å². The zero-order chi connectivity index (χ0) is 22.5. The van der Waals surface area contributed by atoms with Crippen LogP contribution in [-0.2, 0) is 21.7 Å². The maximum atomic E-state index is 13.2. The molecular formula is C24H20N4O4. The van der Waals surface area contributed by atoms with Crippen LogP contribution in [0.2, 0.25) is 0 Å². The molecule has 160 valence electrons. The highest BCUT2D eigenvalue weighted by molar-refractivity contribution is 6.10. The average molecular weight is 428 g/mol. The third-order valence-corrected chi connectivity index (χ3v) is 5.98. The second-order valence-corrected chi connectivity index (χ2v) is 8.11. The molecule has 2 aliphatic rings. The molecule has 1 saturated heterocycles. The molecule has 2 heterocycles. The third kappa shape index (κ3) is 3.17. The molecule has 1 atom stereocenters. The predicted octanol–water partition coefficient (Wildman–Crippen LogP) is 2.49. The van der Waals surface area contributed by atoms with Crippen LogP contribution in [0.25, 0.3) is 10.8 Å². The summed E-state index contributed by atoms with van der Waals surface area (Å²) in [6, 6.07) is 17.7. The van der Waals surface area contributed by atoms with Gasteiger partial charge in [-0.2, -0.15) is 0 Å². The number of nitrogens with zero attached hydrogens (tertiary/aromatic N) is 1. The maximum Gasteiger partial charge on any atom is 0.325 e. The van der Waals surface area contributed by atoms with E-state index in [4.69, 9.17) is 0 Å². The number of rotatable bonds is 4. The second kappa shape index (κ2) is 7.19. The Morgan fingerprint density at radius 2 is 1.81 bits per heavy atom. The third-order valence-electron chi connectivity index (χ3n) is 5.98. The fourth-order valence-electron chi connectivity index (χ4n) is 4.17. The van der Waals surface area contributed by atoms with E-state index >= 15 is 0 Å². The van der Waals surface area contributed by atoms with E-state index in [9.17, 15) is 19.2 Å². The summed E-state index contributed by atoms with van der Waals surface area (Å²) in [6.45, 7) is 1.66. The first-order valence-electron chi connectivity index (χ1n) is 10.2. The first kappa shape index (κ1) is 19.7. The summed E-state index contributed by atoms with van der Waals surface area (Å²) in [5.74, 6) is -1.23. The van der Waals surface area contributed by atoms with Crippen molar-refractivity contribution < 1.29 is 19.2 Å². The van der Waals surface area contributed by atoms with Gasteiger partial charge in [0.05, 0.1) is 0 Å². The minimum absolute atomic E-state index is 0.198. The molecule has 5 rings (SSSR count). The van der Waals surface area contributed by atoms with Crippen molar-refractivity contribution in [1.82, 2.24) is 15.5 Å². The standard InChI is InChI=1S/C24H20N4O4/c1-24(17-8-6-14-4-2-3-5-15(14)10-17)22(31)28(23(32)27-24)13-20(29)26-18-9-7-16-12-25-21(30)19(16)11-18/h2-11H,12-13H2,1H3,(H,25,30)(H,26,29)(H,27,32)/t24-/m1/s1. The number of benzene rings is 3. The van der Waals surface area contributed by atoms with Gasteiger partial charge in [0.1, 0.15) is 12.1 Å². The molecule has 0 aromatic heterocycles. The zero-order valence-corrected chi connectivity index (χ0v) is 17.3. The lowest BCUT2D eigenvalue weighted by Crippen LogP contribution is -2.42. The fourth-order valence-corrected chi connectivity index (χ4v) is 4.17. The Balaban J connectivity index is 1.34. The van der Waals surface area contributed by atoms with Gasteiger partial charge in [-0.25, -0.2) is 4.79 Å². The Hall–Kier alpha value is -4.20. The molecule has 3 aromatic rings. The molecule has 0 unspecified atom stereocenters. The molecule has 32 heavy (non-hydrogen) atoms. The maximum absolute atomic E-state index is 13.2. The zero-order valence-electron chi connectivity index (χ0n) is 17.3. The van der Waals surface area contributed by atoms with E-state index in [-0.39, 0.29) is 5.91 Å². The summed E-state index contributed by atoms with van der Waals surface area (Å²) < 4.78 is 0.